The van der Waals surface area contributed by atoms with Crippen molar-refractivity contribution in [3.05, 3.63) is 17.7 Å². The quantitative estimate of drug-likeness (QED) is 0.736. The first kappa shape index (κ1) is 12.9. The topological polar surface area (TPSA) is 64.5 Å². The molecule has 16 heavy (non-hydrogen) atoms. The molecule has 5 nitrogen and oxygen atoms in total. The third-order valence-electron chi connectivity index (χ3n) is 2.06. The number of ether oxygens (including phenoxy) is 2. The third kappa shape index (κ3) is 3.43. The second-order valence-electron chi connectivity index (χ2n) is 3.69. The second kappa shape index (κ2) is 6.40. The van der Waals surface area contributed by atoms with Crippen LogP contribution in [-0.4, -0.2) is 35.4 Å². The smallest absolute Gasteiger partial charge is 0.161 e. The van der Waals surface area contributed by atoms with Crippen molar-refractivity contribution in [2.24, 2.45) is 0 Å². The van der Waals surface area contributed by atoms with Gasteiger partial charge in [0.2, 0.25) is 0 Å². The zero-order chi connectivity index (χ0) is 12.0. The lowest BCUT2D eigenvalue weighted by Crippen LogP contribution is -2.09. The van der Waals surface area contributed by atoms with Crippen LogP contribution >= 0.6 is 0 Å². The molecule has 0 saturated carbocycles. The van der Waals surface area contributed by atoms with Crippen LogP contribution in [0.5, 0.6) is 5.75 Å². The molecule has 90 valence electrons. The summed E-state index contributed by atoms with van der Waals surface area (Å²) in [6.45, 7) is 4.78. The summed E-state index contributed by atoms with van der Waals surface area (Å²) in [5.74, 6) is 1.46. The molecular weight excluding hydrogens is 208 g/mol. The highest BCUT2D eigenvalue weighted by atomic mass is 16.5. The molecule has 5 heteroatoms. The van der Waals surface area contributed by atoms with Crippen molar-refractivity contribution in [1.29, 1.82) is 0 Å². The Hall–Kier alpha value is -1.20. The summed E-state index contributed by atoms with van der Waals surface area (Å²) >= 11 is 0. The highest BCUT2D eigenvalue weighted by molar-refractivity contribution is 5.24. The van der Waals surface area contributed by atoms with Crippen LogP contribution in [0.15, 0.2) is 6.20 Å². The standard InChI is InChI=1S/C11H18N2O3/c1-8(2)11-12-6-10(9(7-14)13-11)16-5-4-15-3/h6,8,14H,4-5,7H2,1-3H3. The highest BCUT2D eigenvalue weighted by Crippen LogP contribution is 2.18. The van der Waals surface area contributed by atoms with Crippen molar-refractivity contribution in [2.45, 2.75) is 26.4 Å². The summed E-state index contributed by atoms with van der Waals surface area (Å²) in [6.07, 6.45) is 1.60. The minimum atomic E-state index is -0.148. The largest absolute Gasteiger partial charge is 0.488 e. The molecule has 0 atom stereocenters. The Morgan fingerprint density at radius 3 is 2.69 bits per heavy atom. The van der Waals surface area contributed by atoms with E-state index >= 15 is 0 Å². The van der Waals surface area contributed by atoms with Crippen molar-refractivity contribution in [1.82, 2.24) is 9.97 Å². The van der Waals surface area contributed by atoms with E-state index in [4.69, 9.17) is 9.47 Å². The Morgan fingerprint density at radius 2 is 2.12 bits per heavy atom. The number of aromatic nitrogens is 2. The Bertz CT molecular complexity index is 329. The van der Waals surface area contributed by atoms with E-state index in [0.717, 1.165) is 0 Å². The molecule has 0 aromatic carbocycles. The molecule has 1 aromatic rings. The van der Waals surface area contributed by atoms with E-state index in [2.05, 4.69) is 9.97 Å². The monoisotopic (exact) mass is 226 g/mol. The highest BCUT2D eigenvalue weighted by Gasteiger charge is 2.09. The summed E-state index contributed by atoms with van der Waals surface area (Å²) in [5, 5.41) is 9.18. The van der Waals surface area contributed by atoms with Crippen LogP contribution in [-0.2, 0) is 11.3 Å². The lowest BCUT2D eigenvalue weighted by atomic mass is 10.2. The fourth-order valence-corrected chi connectivity index (χ4v) is 1.17. The molecule has 0 amide bonds. The van der Waals surface area contributed by atoms with Crippen LogP contribution in [0.2, 0.25) is 0 Å². The zero-order valence-corrected chi connectivity index (χ0v) is 9.93. The fourth-order valence-electron chi connectivity index (χ4n) is 1.17. The van der Waals surface area contributed by atoms with Gasteiger partial charge >= 0.3 is 0 Å². The summed E-state index contributed by atoms with van der Waals surface area (Å²) < 4.78 is 10.3. The number of nitrogens with zero attached hydrogens (tertiary/aromatic N) is 2. The molecule has 0 spiro atoms. The van der Waals surface area contributed by atoms with Crippen molar-refractivity contribution in [2.75, 3.05) is 20.3 Å². The van der Waals surface area contributed by atoms with Gasteiger partial charge in [0.15, 0.2) is 5.75 Å². The molecule has 0 fully saturated rings. The normalized spacial score (nSPS) is 10.8. The number of aliphatic hydroxyl groups is 1. The minimum absolute atomic E-state index is 0.148. The van der Waals surface area contributed by atoms with Crippen molar-refractivity contribution in [3.8, 4) is 5.75 Å². The van der Waals surface area contributed by atoms with Crippen molar-refractivity contribution >= 4 is 0 Å². The molecule has 0 bridgehead atoms. The predicted molar refractivity (Wildman–Crippen MR) is 59.4 cm³/mol. The number of hydrogen-bond donors (Lipinski definition) is 1. The zero-order valence-electron chi connectivity index (χ0n) is 9.93. The summed E-state index contributed by atoms with van der Waals surface area (Å²) in [6, 6.07) is 0. The predicted octanol–water partition coefficient (Wildman–Crippen LogP) is 1.12. The van der Waals surface area contributed by atoms with E-state index in [1.165, 1.54) is 0 Å². The SMILES string of the molecule is COCCOc1cnc(C(C)C)nc1CO. The number of rotatable bonds is 6. The van der Waals surface area contributed by atoms with Crippen LogP contribution in [0.4, 0.5) is 0 Å². The van der Waals surface area contributed by atoms with E-state index in [1.807, 2.05) is 13.8 Å². The molecule has 1 heterocycles. The van der Waals surface area contributed by atoms with Gasteiger partial charge < -0.3 is 14.6 Å². The fraction of sp³-hybridized carbons (Fsp3) is 0.636. The lowest BCUT2D eigenvalue weighted by Gasteiger charge is -2.11. The molecular formula is C11H18N2O3. The lowest BCUT2D eigenvalue weighted by molar-refractivity contribution is 0.143. The van der Waals surface area contributed by atoms with E-state index < -0.39 is 0 Å². The van der Waals surface area contributed by atoms with Crippen LogP contribution in [0.3, 0.4) is 0 Å². The van der Waals surface area contributed by atoms with Gasteiger partial charge in [0.25, 0.3) is 0 Å². The maximum Gasteiger partial charge on any atom is 0.161 e. The Balaban J connectivity index is 2.76. The summed E-state index contributed by atoms with van der Waals surface area (Å²) in [4.78, 5) is 8.42. The van der Waals surface area contributed by atoms with Gasteiger partial charge in [-0.1, -0.05) is 13.8 Å². The molecule has 0 aliphatic heterocycles. The van der Waals surface area contributed by atoms with Gasteiger partial charge in [-0.15, -0.1) is 0 Å². The van der Waals surface area contributed by atoms with E-state index in [9.17, 15) is 5.11 Å². The average molecular weight is 226 g/mol. The Labute approximate surface area is 95.4 Å². The maximum absolute atomic E-state index is 9.18. The van der Waals surface area contributed by atoms with Crippen LogP contribution < -0.4 is 4.74 Å². The molecule has 0 unspecified atom stereocenters. The molecule has 0 aliphatic rings. The van der Waals surface area contributed by atoms with Crippen molar-refractivity contribution < 1.29 is 14.6 Å². The number of methoxy groups -OCH3 is 1. The van der Waals surface area contributed by atoms with Gasteiger partial charge in [-0.3, -0.25) is 0 Å². The number of aliphatic hydroxyl groups excluding tert-OH is 1. The van der Waals surface area contributed by atoms with E-state index in [0.29, 0.717) is 30.5 Å². The second-order valence-corrected chi connectivity index (χ2v) is 3.69. The molecule has 0 saturated heterocycles. The van der Waals surface area contributed by atoms with E-state index in [-0.39, 0.29) is 12.5 Å². The van der Waals surface area contributed by atoms with Gasteiger partial charge in [0, 0.05) is 13.0 Å². The van der Waals surface area contributed by atoms with Gasteiger partial charge in [0.05, 0.1) is 19.4 Å². The third-order valence-corrected chi connectivity index (χ3v) is 2.06. The molecule has 1 aromatic heterocycles. The summed E-state index contributed by atoms with van der Waals surface area (Å²) in [5.41, 5.74) is 0.523. The van der Waals surface area contributed by atoms with E-state index in [1.54, 1.807) is 13.3 Å². The first-order valence-electron chi connectivity index (χ1n) is 5.27. The van der Waals surface area contributed by atoms with Crippen LogP contribution in [0.1, 0.15) is 31.3 Å². The number of hydrogen-bond acceptors (Lipinski definition) is 5. The molecule has 1 N–H and O–H groups in total. The van der Waals surface area contributed by atoms with Gasteiger partial charge in [-0.05, 0) is 0 Å². The molecule has 0 radical (unpaired) electrons. The molecule has 0 aliphatic carbocycles. The Kier molecular flexibility index (Phi) is 5.14. The van der Waals surface area contributed by atoms with Gasteiger partial charge in [0.1, 0.15) is 18.1 Å². The molecule has 1 rings (SSSR count). The van der Waals surface area contributed by atoms with Crippen LogP contribution in [0.25, 0.3) is 0 Å². The Morgan fingerprint density at radius 1 is 1.38 bits per heavy atom. The summed E-state index contributed by atoms with van der Waals surface area (Å²) in [7, 11) is 1.61. The maximum atomic E-state index is 9.18. The first-order chi connectivity index (χ1) is 7.69. The van der Waals surface area contributed by atoms with Gasteiger partial charge in [-0.25, -0.2) is 9.97 Å². The van der Waals surface area contributed by atoms with Crippen molar-refractivity contribution in [3.63, 3.8) is 0 Å². The first-order valence-corrected chi connectivity index (χ1v) is 5.27. The minimum Gasteiger partial charge on any atom is -0.488 e. The van der Waals surface area contributed by atoms with Gasteiger partial charge in [-0.2, -0.15) is 0 Å². The average Bonchev–Trinajstić information content (AvgIpc) is 2.29. The van der Waals surface area contributed by atoms with Crippen LogP contribution in [0, 0.1) is 0 Å².